The number of hydrogen-bond donors (Lipinski definition) is 0. The largest absolute Gasteiger partial charge is 0.353 e. The molecule has 5 heteroatoms. The maximum Gasteiger partial charge on any atom is 0.241 e. The second kappa shape index (κ2) is 8.02. The second-order valence-electron chi connectivity index (χ2n) is 3.55. The number of ether oxygens (including phenoxy) is 1. The van der Waals surface area contributed by atoms with Gasteiger partial charge in [0.2, 0.25) is 5.60 Å². The van der Waals surface area contributed by atoms with Gasteiger partial charge in [-0.1, -0.05) is 13.3 Å². The van der Waals surface area contributed by atoms with Crippen LogP contribution in [0.1, 0.15) is 40.5 Å². The molecule has 0 bridgehead atoms. The summed E-state index contributed by atoms with van der Waals surface area (Å²) in [4.78, 5) is 34.1. The second-order valence-corrected chi connectivity index (χ2v) is 3.55. The molecule has 0 aromatic heterocycles. The van der Waals surface area contributed by atoms with E-state index in [-0.39, 0.29) is 32.8 Å². The minimum atomic E-state index is -1.87. The van der Waals surface area contributed by atoms with E-state index in [2.05, 4.69) is 0 Å². The van der Waals surface area contributed by atoms with Crippen LogP contribution in [0, 0.1) is 0 Å². The first-order valence-corrected chi connectivity index (χ1v) is 5.06. The molecule has 0 saturated carbocycles. The van der Waals surface area contributed by atoms with Crippen molar-refractivity contribution in [1.29, 1.82) is 0 Å². The smallest absolute Gasteiger partial charge is 0.241 e. The van der Waals surface area contributed by atoms with Crippen LogP contribution in [0.2, 0.25) is 0 Å². The van der Waals surface area contributed by atoms with Crippen molar-refractivity contribution in [3.8, 4) is 0 Å². The molecule has 90 valence electrons. The summed E-state index contributed by atoms with van der Waals surface area (Å²) in [7, 11) is 0. The van der Waals surface area contributed by atoms with E-state index in [1.165, 1.54) is 20.8 Å². The predicted octanol–water partition coefficient (Wildman–Crippen LogP) is 1.31. The predicted molar refractivity (Wildman–Crippen MR) is 55.6 cm³/mol. The van der Waals surface area contributed by atoms with E-state index in [1.54, 1.807) is 0 Å². The Morgan fingerprint density at radius 3 is 1.62 bits per heavy atom. The molecule has 0 aliphatic rings. The van der Waals surface area contributed by atoms with Crippen molar-refractivity contribution in [3.05, 3.63) is 0 Å². The summed E-state index contributed by atoms with van der Waals surface area (Å²) in [6.07, 6.45) is 1.60. The molecule has 0 unspecified atom stereocenters. The fourth-order valence-corrected chi connectivity index (χ4v) is 1.42. The van der Waals surface area contributed by atoms with Gasteiger partial charge in [0.25, 0.3) is 0 Å². The van der Waals surface area contributed by atoms with Gasteiger partial charge in [-0.2, -0.15) is 0 Å². The number of hydrogen-bond acceptors (Lipinski definition) is 4. The molecular formula is C11H18O4Zr. The van der Waals surface area contributed by atoms with Gasteiger partial charge in [-0.05, 0) is 27.2 Å². The Labute approximate surface area is 115 Å². The molecule has 0 N–H and O–H groups in total. The van der Waals surface area contributed by atoms with Crippen molar-refractivity contribution in [3.63, 3.8) is 0 Å². The molecule has 0 aliphatic heterocycles. The van der Waals surface area contributed by atoms with Gasteiger partial charge in [-0.25, -0.2) is 0 Å². The number of carbonyl (C=O) groups excluding carboxylic acids is 3. The first-order valence-electron chi connectivity index (χ1n) is 5.06. The summed E-state index contributed by atoms with van der Waals surface area (Å²) in [5.41, 5.74) is -1.87. The van der Waals surface area contributed by atoms with Crippen molar-refractivity contribution in [2.24, 2.45) is 0 Å². The molecule has 0 aliphatic carbocycles. The Bertz CT molecular complexity index is 237. The van der Waals surface area contributed by atoms with E-state index in [0.717, 1.165) is 12.8 Å². The Hall–Kier alpha value is -0.147. The van der Waals surface area contributed by atoms with Crippen LogP contribution < -0.4 is 0 Å². The van der Waals surface area contributed by atoms with E-state index >= 15 is 0 Å². The molecule has 16 heavy (non-hydrogen) atoms. The quantitative estimate of drug-likeness (QED) is 0.525. The van der Waals surface area contributed by atoms with Gasteiger partial charge in [-0.15, -0.1) is 0 Å². The van der Waals surface area contributed by atoms with E-state index in [9.17, 15) is 14.4 Å². The molecule has 0 aromatic rings. The first kappa shape index (κ1) is 18.2. The number of Topliss-reactive ketones (excluding diaryl/α,β-unsaturated/α-hetero) is 3. The zero-order valence-electron chi connectivity index (χ0n) is 10.3. The zero-order chi connectivity index (χ0) is 12.1. The Balaban J connectivity index is 0. The van der Waals surface area contributed by atoms with Crippen molar-refractivity contribution in [2.45, 2.75) is 46.1 Å². The van der Waals surface area contributed by atoms with Crippen LogP contribution in [0.25, 0.3) is 0 Å². The van der Waals surface area contributed by atoms with Crippen LogP contribution in [-0.4, -0.2) is 29.6 Å². The van der Waals surface area contributed by atoms with Crippen LogP contribution in [0.3, 0.4) is 0 Å². The van der Waals surface area contributed by atoms with E-state index < -0.39 is 23.0 Å². The standard InChI is InChI=1S/C11H18O4.Zr/c1-5-6-7-15-11(8(2)12,9(3)13)10(4)14;/h5-7H2,1-4H3;. The van der Waals surface area contributed by atoms with Gasteiger partial charge in [0.05, 0.1) is 0 Å². The van der Waals surface area contributed by atoms with Crippen LogP contribution in [0.5, 0.6) is 0 Å². The fourth-order valence-electron chi connectivity index (χ4n) is 1.42. The van der Waals surface area contributed by atoms with E-state index in [0.29, 0.717) is 0 Å². The first-order chi connectivity index (χ1) is 6.89. The molecule has 0 aromatic carbocycles. The molecule has 0 radical (unpaired) electrons. The SMILES string of the molecule is CCCCOC(C(C)=O)(C(C)=O)C(C)=O.[Zr]. The monoisotopic (exact) mass is 304 g/mol. The van der Waals surface area contributed by atoms with Gasteiger partial charge in [0, 0.05) is 32.8 Å². The van der Waals surface area contributed by atoms with Crippen molar-refractivity contribution in [1.82, 2.24) is 0 Å². The average molecular weight is 305 g/mol. The van der Waals surface area contributed by atoms with Crippen LogP contribution in [0.4, 0.5) is 0 Å². The van der Waals surface area contributed by atoms with E-state index in [4.69, 9.17) is 4.74 Å². The van der Waals surface area contributed by atoms with E-state index in [1.807, 2.05) is 6.92 Å². The fraction of sp³-hybridized carbons (Fsp3) is 0.727. The summed E-state index contributed by atoms with van der Waals surface area (Å²) >= 11 is 0. The van der Waals surface area contributed by atoms with Crippen molar-refractivity contribution < 1.29 is 45.3 Å². The Morgan fingerprint density at radius 1 is 1.00 bits per heavy atom. The Kier molecular flexibility index (Phi) is 9.13. The molecule has 0 heterocycles. The molecule has 0 rings (SSSR count). The Morgan fingerprint density at radius 2 is 1.38 bits per heavy atom. The number of rotatable bonds is 7. The molecular weight excluding hydrogens is 287 g/mol. The summed E-state index contributed by atoms with van der Waals surface area (Å²) in [5, 5.41) is 0. The summed E-state index contributed by atoms with van der Waals surface area (Å²) in [6.45, 7) is 5.81. The topological polar surface area (TPSA) is 60.4 Å². The average Bonchev–Trinajstić information content (AvgIpc) is 2.10. The number of ketones is 3. The third-order valence-corrected chi connectivity index (χ3v) is 2.30. The van der Waals surface area contributed by atoms with Gasteiger partial charge in [0.15, 0.2) is 17.3 Å². The minimum Gasteiger partial charge on any atom is -0.353 e. The molecule has 0 fully saturated rings. The van der Waals surface area contributed by atoms with Gasteiger partial charge in [-0.3, -0.25) is 14.4 Å². The zero-order valence-corrected chi connectivity index (χ0v) is 12.7. The molecule has 0 amide bonds. The summed E-state index contributed by atoms with van der Waals surface area (Å²) in [6, 6.07) is 0. The minimum absolute atomic E-state index is 0. The maximum atomic E-state index is 11.4. The normalized spacial score (nSPS) is 10.5. The maximum absolute atomic E-state index is 11.4. The molecule has 0 atom stereocenters. The van der Waals surface area contributed by atoms with Gasteiger partial charge < -0.3 is 4.74 Å². The molecule has 0 saturated heterocycles. The molecule has 4 nitrogen and oxygen atoms in total. The van der Waals surface area contributed by atoms with Crippen molar-refractivity contribution in [2.75, 3.05) is 6.61 Å². The third kappa shape index (κ3) is 4.02. The molecule has 0 spiro atoms. The van der Waals surface area contributed by atoms with Crippen LogP contribution >= 0.6 is 0 Å². The van der Waals surface area contributed by atoms with Gasteiger partial charge in [0.1, 0.15) is 0 Å². The summed E-state index contributed by atoms with van der Waals surface area (Å²) in [5.74, 6) is -1.63. The summed E-state index contributed by atoms with van der Waals surface area (Å²) < 4.78 is 5.21. The third-order valence-electron chi connectivity index (χ3n) is 2.30. The van der Waals surface area contributed by atoms with Crippen LogP contribution in [0.15, 0.2) is 0 Å². The number of unbranched alkanes of at least 4 members (excludes halogenated alkanes) is 1. The van der Waals surface area contributed by atoms with Crippen LogP contribution in [-0.2, 0) is 45.3 Å². The van der Waals surface area contributed by atoms with Crippen molar-refractivity contribution >= 4 is 17.3 Å². The number of carbonyl (C=O) groups is 3. The van der Waals surface area contributed by atoms with Gasteiger partial charge >= 0.3 is 0 Å².